The summed E-state index contributed by atoms with van der Waals surface area (Å²) in [6.45, 7) is 3.11. The van der Waals surface area contributed by atoms with Crippen molar-refractivity contribution in [1.29, 1.82) is 0 Å². The molecule has 0 bridgehead atoms. The van der Waals surface area contributed by atoms with Crippen molar-refractivity contribution in [3.63, 3.8) is 0 Å². The highest BCUT2D eigenvalue weighted by molar-refractivity contribution is 9.10. The highest BCUT2D eigenvalue weighted by Crippen LogP contribution is 2.31. The summed E-state index contributed by atoms with van der Waals surface area (Å²) < 4.78 is 0.811. The summed E-state index contributed by atoms with van der Waals surface area (Å²) in [6, 6.07) is 5.98. The quantitative estimate of drug-likeness (QED) is 0.928. The molecule has 1 aromatic carbocycles. The van der Waals surface area contributed by atoms with E-state index in [0.29, 0.717) is 11.6 Å². The zero-order valence-electron chi connectivity index (χ0n) is 9.82. The van der Waals surface area contributed by atoms with Crippen LogP contribution in [0.25, 0.3) is 0 Å². The number of carboxylic acids is 1. The van der Waals surface area contributed by atoms with Crippen molar-refractivity contribution in [1.82, 2.24) is 0 Å². The maximum absolute atomic E-state index is 11.3. The average molecular weight is 298 g/mol. The fraction of sp³-hybridized carbons (Fsp3) is 0.462. The van der Waals surface area contributed by atoms with Gasteiger partial charge in [-0.25, -0.2) is 4.79 Å². The lowest BCUT2D eigenvalue weighted by molar-refractivity contribution is 0.0697. The maximum Gasteiger partial charge on any atom is 0.337 e. The van der Waals surface area contributed by atoms with E-state index in [2.05, 4.69) is 27.8 Å². The number of benzene rings is 1. The Balaban J connectivity index is 2.40. The first-order chi connectivity index (χ1) is 8.13. The molecule has 1 aliphatic heterocycles. The minimum atomic E-state index is -0.858. The number of anilines is 1. The van der Waals surface area contributed by atoms with Crippen LogP contribution in [-0.4, -0.2) is 23.7 Å². The second-order valence-corrected chi connectivity index (χ2v) is 5.28. The second kappa shape index (κ2) is 5.08. The Labute approximate surface area is 110 Å². The minimum Gasteiger partial charge on any atom is -0.478 e. The number of carbonyl (C=O) groups is 1. The van der Waals surface area contributed by atoms with Crippen LogP contribution >= 0.6 is 15.9 Å². The van der Waals surface area contributed by atoms with Crippen molar-refractivity contribution in [3.05, 3.63) is 28.2 Å². The first-order valence-corrected chi connectivity index (χ1v) is 6.72. The van der Waals surface area contributed by atoms with Gasteiger partial charge in [0.1, 0.15) is 0 Å². The van der Waals surface area contributed by atoms with Gasteiger partial charge in [-0.3, -0.25) is 0 Å². The topological polar surface area (TPSA) is 40.5 Å². The zero-order chi connectivity index (χ0) is 12.4. The summed E-state index contributed by atoms with van der Waals surface area (Å²) in [7, 11) is 0. The molecule has 0 aliphatic carbocycles. The van der Waals surface area contributed by atoms with Gasteiger partial charge < -0.3 is 10.0 Å². The average Bonchev–Trinajstić information content (AvgIpc) is 2.76. The number of rotatable bonds is 3. The van der Waals surface area contributed by atoms with Crippen molar-refractivity contribution in [2.24, 2.45) is 0 Å². The number of carboxylic acid groups (broad SMARTS) is 1. The van der Waals surface area contributed by atoms with Crippen molar-refractivity contribution < 1.29 is 9.90 Å². The molecule has 1 N–H and O–H groups in total. The van der Waals surface area contributed by atoms with E-state index in [1.165, 1.54) is 0 Å². The number of hydrogen-bond donors (Lipinski definition) is 1. The van der Waals surface area contributed by atoms with Gasteiger partial charge in [-0.15, -0.1) is 0 Å². The third kappa shape index (κ3) is 2.46. The molecule has 1 heterocycles. The lowest BCUT2D eigenvalue weighted by Gasteiger charge is -2.27. The molecule has 0 aromatic heterocycles. The third-order valence-electron chi connectivity index (χ3n) is 3.35. The molecule has 17 heavy (non-hydrogen) atoms. The van der Waals surface area contributed by atoms with Gasteiger partial charge in [0.25, 0.3) is 0 Å². The SMILES string of the molecule is CCC1CCCN1c1ccc(Br)cc1C(=O)O. The Hall–Kier alpha value is -1.03. The molecular weight excluding hydrogens is 282 g/mol. The molecule has 1 fully saturated rings. The van der Waals surface area contributed by atoms with Crippen LogP contribution in [0.4, 0.5) is 5.69 Å². The van der Waals surface area contributed by atoms with Gasteiger partial charge in [0.05, 0.1) is 11.3 Å². The Kier molecular flexibility index (Phi) is 3.72. The third-order valence-corrected chi connectivity index (χ3v) is 3.84. The molecule has 1 unspecified atom stereocenters. The van der Waals surface area contributed by atoms with E-state index in [0.717, 1.165) is 36.0 Å². The van der Waals surface area contributed by atoms with Crippen LogP contribution in [0.5, 0.6) is 0 Å². The molecule has 0 radical (unpaired) electrons. The van der Waals surface area contributed by atoms with E-state index in [1.807, 2.05) is 12.1 Å². The van der Waals surface area contributed by atoms with Gasteiger partial charge in [0.2, 0.25) is 0 Å². The molecule has 92 valence electrons. The van der Waals surface area contributed by atoms with Gasteiger partial charge in [0, 0.05) is 17.1 Å². The summed E-state index contributed by atoms with van der Waals surface area (Å²) in [5, 5.41) is 9.26. The van der Waals surface area contributed by atoms with Crippen LogP contribution < -0.4 is 4.90 Å². The van der Waals surface area contributed by atoms with Gasteiger partial charge in [-0.05, 0) is 37.5 Å². The van der Waals surface area contributed by atoms with Crippen LogP contribution in [-0.2, 0) is 0 Å². The Bertz CT molecular complexity index is 433. The van der Waals surface area contributed by atoms with E-state index in [9.17, 15) is 9.90 Å². The van der Waals surface area contributed by atoms with Gasteiger partial charge in [-0.2, -0.15) is 0 Å². The molecule has 0 spiro atoms. The van der Waals surface area contributed by atoms with Crippen molar-refractivity contribution in [2.75, 3.05) is 11.4 Å². The Morgan fingerprint density at radius 1 is 1.59 bits per heavy atom. The van der Waals surface area contributed by atoms with Crippen LogP contribution in [0.2, 0.25) is 0 Å². The van der Waals surface area contributed by atoms with Crippen LogP contribution in [0, 0.1) is 0 Å². The molecule has 2 rings (SSSR count). The molecule has 1 saturated heterocycles. The summed E-state index contributed by atoms with van der Waals surface area (Å²) in [6.07, 6.45) is 3.37. The van der Waals surface area contributed by atoms with E-state index < -0.39 is 5.97 Å². The van der Waals surface area contributed by atoms with Crippen molar-refractivity contribution in [3.8, 4) is 0 Å². The monoisotopic (exact) mass is 297 g/mol. The van der Waals surface area contributed by atoms with Crippen molar-refractivity contribution in [2.45, 2.75) is 32.2 Å². The Morgan fingerprint density at radius 3 is 3.00 bits per heavy atom. The molecular formula is C13H16BrNO2. The van der Waals surface area contributed by atoms with Crippen molar-refractivity contribution >= 4 is 27.6 Å². The van der Waals surface area contributed by atoms with Crippen LogP contribution in [0.15, 0.2) is 22.7 Å². The molecule has 1 aliphatic rings. The largest absolute Gasteiger partial charge is 0.478 e. The highest BCUT2D eigenvalue weighted by atomic mass is 79.9. The minimum absolute atomic E-state index is 0.389. The van der Waals surface area contributed by atoms with E-state index in [4.69, 9.17) is 0 Å². The van der Waals surface area contributed by atoms with Crippen LogP contribution in [0.1, 0.15) is 36.5 Å². The maximum atomic E-state index is 11.3. The number of aromatic carboxylic acids is 1. The molecule has 4 heteroatoms. The fourth-order valence-corrected chi connectivity index (χ4v) is 2.87. The molecule has 0 amide bonds. The number of hydrogen-bond acceptors (Lipinski definition) is 2. The van der Waals surface area contributed by atoms with Gasteiger partial charge >= 0.3 is 5.97 Å². The zero-order valence-corrected chi connectivity index (χ0v) is 11.4. The summed E-state index contributed by atoms with van der Waals surface area (Å²) in [5.41, 5.74) is 1.24. The normalized spacial score (nSPS) is 19.6. The van der Waals surface area contributed by atoms with E-state index in [1.54, 1.807) is 6.07 Å². The first kappa shape index (κ1) is 12.4. The molecule has 1 atom stereocenters. The Morgan fingerprint density at radius 2 is 2.35 bits per heavy atom. The predicted molar refractivity (Wildman–Crippen MR) is 71.8 cm³/mol. The standard InChI is InChI=1S/C13H16BrNO2/c1-2-10-4-3-7-15(10)12-6-5-9(14)8-11(12)13(16)17/h5-6,8,10H,2-4,7H2,1H3,(H,16,17). The summed E-state index contributed by atoms with van der Waals surface area (Å²) >= 11 is 3.32. The predicted octanol–water partition coefficient (Wildman–Crippen LogP) is 3.53. The highest BCUT2D eigenvalue weighted by Gasteiger charge is 2.26. The first-order valence-electron chi connectivity index (χ1n) is 5.93. The molecule has 1 aromatic rings. The molecule has 0 saturated carbocycles. The lowest BCUT2D eigenvalue weighted by Crippen LogP contribution is -2.29. The lowest BCUT2D eigenvalue weighted by atomic mass is 10.1. The second-order valence-electron chi connectivity index (χ2n) is 4.36. The fourth-order valence-electron chi connectivity index (χ4n) is 2.51. The number of nitrogens with zero attached hydrogens (tertiary/aromatic N) is 1. The van der Waals surface area contributed by atoms with Gasteiger partial charge in [0.15, 0.2) is 0 Å². The van der Waals surface area contributed by atoms with E-state index >= 15 is 0 Å². The summed E-state index contributed by atoms with van der Waals surface area (Å²) in [5.74, 6) is -0.858. The summed E-state index contributed by atoms with van der Waals surface area (Å²) in [4.78, 5) is 13.5. The smallest absolute Gasteiger partial charge is 0.337 e. The van der Waals surface area contributed by atoms with E-state index in [-0.39, 0.29) is 0 Å². The molecule has 3 nitrogen and oxygen atoms in total. The van der Waals surface area contributed by atoms with Gasteiger partial charge in [-0.1, -0.05) is 22.9 Å². The van der Waals surface area contributed by atoms with Crippen LogP contribution in [0.3, 0.4) is 0 Å². The number of halogens is 1.